The first-order valence-electron chi connectivity index (χ1n) is 37.7. The summed E-state index contributed by atoms with van der Waals surface area (Å²) < 4.78 is 68.4. The van der Waals surface area contributed by atoms with Gasteiger partial charge in [-0.3, -0.25) is 37.3 Å². The van der Waals surface area contributed by atoms with Crippen LogP contribution in [0, 0.1) is 23.7 Å². The van der Waals surface area contributed by atoms with Crippen molar-refractivity contribution in [3.63, 3.8) is 0 Å². The van der Waals surface area contributed by atoms with Crippen LogP contribution in [0.3, 0.4) is 0 Å². The van der Waals surface area contributed by atoms with E-state index in [0.717, 1.165) is 114 Å². The van der Waals surface area contributed by atoms with Crippen LogP contribution in [0.2, 0.25) is 0 Å². The molecule has 0 bridgehead atoms. The van der Waals surface area contributed by atoms with E-state index in [0.29, 0.717) is 31.6 Å². The molecule has 92 heavy (non-hydrogen) atoms. The lowest BCUT2D eigenvalue weighted by molar-refractivity contribution is -0.161. The van der Waals surface area contributed by atoms with Gasteiger partial charge in [-0.05, 0) is 49.4 Å². The fraction of sp³-hybridized carbons (Fsp3) is 0.945. The van der Waals surface area contributed by atoms with Gasteiger partial charge in [-0.1, -0.05) is 312 Å². The molecule has 19 heteroatoms. The lowest BCUT2D eigenvalue weighted by atomic mass is 10.0. The van der Waals surface area contributed by atoms with Gasteiger partial charge in [0.05, 0.1) is 26.4 Å². The summed E-state index contributed by atoms with van der Waals surface area (Å²) in [5.74, 6) is 0.877. The number of hydrogen-bond acceptors (Lipinski definition) is 15. The number of rotatable bonds is 70. The fourth-order valence-corrected chi connectivity index (χ4v) is 12.6. The smallest absolute Gasteiger partial charge is 0.462 e. The first kappa shape index (κ1) is 90.1. The second kappa shape index (κ2) is 62.6. The molecule has 0 amide bonds. The third-order valence-corrected chi connectivity index (χ3v) is 18.7. The van der Waals surface area contributed by atoms with Gasteiger partial charge in [0.25, 0.3) is 0 Å². The topological polar surface area (TPSA) is 237 Å². The highest BCUT2D eigenvalue weighted by molar-refractivity contribution is 7.47. The van der Waals surface area contributed by atoms with Gasteiger partial charge in [0, 0.05) is 25.7 Å². The predicted molar refractivity (Wildman–Crippen MR) is 372 cm³/mol. The number of phosphoric ester groups is 2. The van der Waals surface area contributed by atoms with E-state index < -0.39 is 97.5 Å². The highest BCUT2D eigenvalue weighted by Crippen LogP contribution is 2.45. The maximum Gasteiger partial charge on any atom is 0.472 e. The monoisotopic (exact) mass is 1350 g/mol. The molecule has 3 unspecified atom stereocenters. The summed E-state index contributed by atoms with van der Waals surface area (Å²) >= 11 is 0. The van der Waals surface area contributed by atoms with Crippen LogP contribution >= 0.6 is 15.6 Å². The minimum Gasteiger partial charge on any atom is -0.462 e. The van der Waals surface area contributed by atoms with Gasteiger partial charge in [0.1, 0.15) is 19.3 Å². The molecule has 3 N–H and O–H groups in total. The van der Waals surface area contributed by atoms with Crippen molar-refractivity contribution in [1.82, 2.24) is 0 Å². The van der Waals surface area contributed by atoms with Crippen molar-refractivity contribution in [2.45, 2.75) is 382 Å². The van der Waals surface area contributed by atoms with Crippen molar-refractivity contribution in [1.29, 1.82) is 0 Å². The standard InChI is InChI=1S/C73H142O17P2/c1-63(2)49-41-33-25-18-13-9-11-15-21-30-39-47-55-72(77)89-68(59-83-70(75)53-45-37-29-23-17-20-27-35-43-51-65(5)6)61-87-91(79,80)85-57-67(74)58-86-92(81,82)88-62-69(60-84-71(76)54-46-38-32-24-28-36-44-52-66(7)8)90-73(78)56-48-40-31-22-16-12-10-14-19-26-34-42-50-64(3)4/h63-69,74H,9-62H2,1-8H3,(H,79,80)(H,81,82)/t67?,68-,69-/m1/s1. The molecule has 0 aromatic carbocycles. The number of carbonyl (C=O) groups is 4. The third-order valence-electron chi connectivity index (χ3n) is 16.8. The van der Waals surface area contributed by atoms with Crippen LogP contribution in [0.5, 0.6) is 0 Å². The van der Waals surface area contributed by atoms with Gasteiger partial charge < -0.3 is 33.8 Å². The number of aliphatic hydroxyl groups excluding tert-OH is 1. The van der Waals surface area contributed by atoms with Crippen molar-refractivity contribution in [2.24, 2.45) is 23.7 Å². The number of carbonyl (C=O) groups excluding carboxylic acids is 4. The lowest BCUT2D eigenvalue weighted by Gasteiger charge is -2.21. The molecule has 17 nitrogen and oxygen atoms in total. The van der Waals surface area contributed by atoms with Crippen LogP contribution < -0.4 is 0 Å². The summed E-state index contributed by atoms with van der Waals surface area (Å²) in [6, 6.07) is 0. The molecule has 546 valence electrons. The number of esters is 4. The summed E-state index contributed by atoms with van der Waals surface area (Å²) in [7, 11) is -9.91. The number of hydrogen-bond donors (Lipinski definition) is 3. The van der Waals surface area contributed by atoms with Gasteiger partial charge in [-0.15, -0.1) is 0 Å². The molecule has 0 aliphatic carbocycles. The van der Waals surface area contributed by atoms with Gasteiger partial charge in [-0.2, -0.15) is 0 Å². The van der Waals surface area contributed by atoms with E-state index in [1.54, 1.807) is 0 Å². The lowest BCUT2D eigenvalue weighted by Crippen LogP contribution is -2.30. The summed E-state index contributed by atoms with van der Waals surface area (Å²) in [5, 5.41) is 10.6. The zero-order chi connectivity index (χ0) is 68.2. The minimum absolute atomic E-state index is 0.106. The van der Waals surface area contributed by atoms with Crippen molar-refractivity contribution < 1.29 is 80.2 Å². The molecule has 0 rings (SSSR count). The average Bonchev–Trinajstić information content (AvgIpc) is 3.58. The van der Waals surface area contributed by atoms with Crippen molar-refractivity contribution >= 4 is 39.5 Å². The van der Waals surface area contributed by atoms with E-state index in [2.05, 4.69) is 55.4 Å². The van der Waals surface area contributed by atoms with Crippen LogP contribution in [-0.4, -0.2) is 96.7 Å². The number of aliphatic hydroxyl groups is 1. The maximum atomic E-state index is 13.0. The van der Waals surface area contributed by atoms with E-state index in [4.69, 9.17) is 37.0 Å². The summed E-state index contributed by atoms with van der Waals surface area (Å²) in [6.45, 7) is 14.1. The molecule has 0 aliphatic heterocycles. The molecule has 0 aromatic heterocycles. The molecule has 0 aromatic rings. The zero-order valence-corrected chi connectivity index (χ0v) is 62.0. The molecule has 0 fully saturated rings. The Balaban J connectivity index is 5.26. The van der Waals surface area contributed by atoms with Gasteiger partial charge in [-0.25, -0.2) is 9.13 Å². The Bertz CT molecular complexity index is 1820. The van der Waals surface area contributed by atoms with E-state index in [9.17, 15) is 43.2 Å². The summed E-state index contributed by atoms with van der Waals surface area (Å²) in [5.41, 5.74) is 0. The third kappa shape index (κ3) is 66.7. The van der Waals surface area contributed by atoms with Gasteiger partial charge in [0.2, 0.25) is 0 Å². The number of ether oxygens (including phenoxy) is 4. The highest BCUT2D eigenvalue weighted by atomic mass is 31.2. The number of unbranched alkanes of at least 4 members (excludes halogenated alkanes) is 36. The Morgan fingerprint density at radius 2 is 0.457 bits per heavy atom. The predicted octanol–water partition coefficient (Wildman–Crippen LogP) is 20.9. The van der Waals surface area contributed by atoms with E-state index in [1.165, 1.54) is 161 Å². The normalized spacial score (nSPS) is 14.2. The first-order valence-corrected chi connectivity index (χ1v) is 40.7. The van der Waals surface area contributed by atoms with Crippen LogP contribution in [0.1, 0.15) is 364 Å². The highest BCUT2D eigenvalue weighted by Gasteiger charge is 2.30. The Hall–Kier alpha value is -1.94. The zero-order valence-electron chi connectivity index (χ0n) is 60.2. The SMILES string of the molecule is CC(C)CCCCCCCCCCCCCCC(=O)O[C@H](COC(=O)CCCCCCCCCCCC(C)C)COP(=O)(O)OCC(O)COP(=O)(O)OC[C@@H](COC(=O)CCCCCCCCCC(C)C)OC(=O)CCCCCCCCCCCCCCC(C)C. The van der Waals surface area contributed by atoms with Crippen molar-refractivity contribution in [3.05, 3.63) is 0 Å². The molecular formula is C73H142O17P2. The maximum absolute atomic E-state index is 13.0. The molecule has 0 saturated heterocycles. The van der Waals surface area contributed by atoms with Crippen LogP contribution in [0.15, 0.2) is 0 Å². The van der Waals surface area contributed by atoms with Crippen molar-refractivity contribution in [2.75, 3.05) is 39.6 Å². The Morgan fingerprint density at radius 3 is 0.674 bits per heavy atom. The Morgan fingerprint density at radius 1 is 0.272 bits per heavy atom. The summed E-state index contributed by atoms with van der Waals surface area (Å²) in [6.07, 6.45) is 45.8. The largest absolute Gasteiger partial charge is 0.472 e. The van der Waals surface area contributed by atoms with Gasteiger partial charge in [0.15, 0.2) is 12.2 Å². The quantitative estimate of drug-likeness (QED) is 0.0222. The van der Waals surface area contributed by atoms with Gasteiger partial charge >= 0.3 is 39.5 Å². The number of phosphoric acid groups is 2. The first-order chi connectivity index (χ1) is 44.1. The minimum atomic E-state index is -4.95. The van der Waals surface area contributed by atoms with Crippen molar-refractivity contribution in [3.8, 4) is 0 Å². The second-order valence-corrected chi connectivity index (χ2v) is 31.1. The molecule has 5 atom stereocenters. The van der Waals surface area contributed by atoms with Crippen LogP contribution in [0.4, 0.5) is 0 Å². The second-order valence-electron chi connectivity index (χ2n) is 28.2. The molecule has 0 aliphatic rings. The van der Waals surface area contributed by atoms with E-state index in [1.807, 2.05) is 0 Å². The van der Waals surface area contributed by atoms with E-state index >= 15 is 0 Å². The fourth-order valence-electron chi connectivity index (χ4n) is 11.0. The summed E-state index contributed by atoms with van der Waals surface area (Å²) in [4.78, 5) is 72.7. The van der Waals surface area contributed by atoms with Crippen LogP contribution in [-0.2, 0) is 65.4 Å². The Kier molecular flexibility index (Phi) is 61.3. The molecule has 0 spiro atoms. The molecule has 0 radical (unpaired) electrons. The average molecular weight is 1350 g/mol. The Labute approximate surface area is 562 Å². The molecule has 0 heterocycles. The van der Waals surface area contributed by atoms with E-state index in [-0.39, 0.29) is 25.7 Å². The molecular weight excluding hydrogens is 1210 g/mol. The van der Waals surface area contributed by atoms with Crippen LogP contribution in [0.25, 0.3) is 0 Å². The molecule has 0 saturated carbocycles.